The average Bonchev–Trinajstić information content (AvgIpc) is 2.31. The van der Waals surface area contributed by atoms with Crippen molar-refractivity contribution >= 4 is 12.4 Å². The summed E-state index contributed by atoms with van der Waals surface area (Å²) in [7, 11) is 0. The monoisotopic (exact) mass is 217 g/mol. The summed E-state index contributed by atoms with van der Waals surface area (Å²) in [6, 6.07) is 6.35. The molecule has 0 saturated heterocycles. The van der Waals surface area contributed by atoms with E-state index in [0.717, 1.165) is 0 Å². The van der Waals surface area contributed by atoms with E-state index in [9.17, 15) is 9.18 Å². The molecular weight excluding hydrogens is 209 g/mol. The Hall–Kier alpha value is -2.30. The highest BCUT2D eigenvalue weighted by molar-refractivity contribution is 5.68. The second-order valence-corrected chi connectivity index (χ2v) is 3.04. The molecule has 16 heavy (non-hydrogen) atoms. The second kappa shape index (κ2) is 4.48. The molecular formula is C11H8FN3O. The Bertz CT molecular complexity index is 499. The topological polar surface area (TPSA) is 54.9 Å². The zero-order valence-corrected chi connectivity index (χ0v) is 8.22. The van der Waals surface area contributed by atoms with E-state index in [0.29, 0.717) is 17.5 Å². The predicted octanol–water partition coefficient (Wildman–Crippen LogP) is 1.85. The molecule has 80 valence electrons. The van der Waals surface area contributed by atoms with Crippen LogP contribution in [0.4, 0.5) is 10.3 Å². The van der Waals surface area contributed by atoms with Crippen LogP contribution < -0.4 is 5.32 Å². The van der Waals surface area contributed by atoms with Crippen LogP contribution in [0.15, 0.2) is 36.7 Å². The number of halogens is 1. The fourth-order valence-electron chi connectivity index (χ4n) is 1.29. The number of carbonyl (C=O) groups is 1. The van der Waals surface area contributed by atoms with E-state index in [4.69, 9.17) is 0 Å². The first kappa shape index (κ1) is 10.2. The Morgan fingerprint density at radius 3 is 2.50 bits per heavy atom. The highest BCUT2D eigenvalue weighted by atomic mass is 19.1. The van der Waals surface area contributed by atoms with Gasteiger partial charge in [0.2, 0.25) is 12.4 Å². The first-order chi connectivity index (χ1) is 7.81. The van der Waals surface area contributed by atoms with Gasteiger partial charge in [-0.15, -0.1) is 0 Å². The van der Waals surface area contributed by atoms with Crippen molar-refractivity contribution in [2.45, 2.75) is 0 Å². The quantitative estimate of drug-likeness (QED) is 0.798. The molecule has 0 saturated carbocycles. The second-order valence-electron chi connectivity index (χ2n) is 3.04. The van der Waals surface area contributed by atoms with Crippen LogP contribution in [0.3, 0.4) is 0 Å². The Morgan fingerprint density at radius 2 is 1.88 bits per heavy atom. The third kappa shape index (κ3) is 2.03. The number of aromatic nitrogens is 2. The lowest BCUT2D eigenvalue weighted by Gasteiger charge is -2.02. The van der Waals surface area contributed by atoms with Gasteiger partial charge in [-0.3, -0.25) is 10.1 Å². The molecule has 1 N–H and O–H groups in total. The Labute approximate surface area is 91.2 Å². The van der Waals surface area contributed by atoms with Gasteiger partial charge in [-0.25, -0.2) is 14.4 Å². The van der Waals surface area contributed by atoms with Crippen LogP contribution in [0.5, 0.6) is 0 Å². The first-order valence-electron chi connectivity index (χ1n) is 4.58. The van der Waals surface area contributed by atoms with Crippen molar-refractivity contribution in [3.05, 3.63) is 42.5 Å². The molecule has 0 bridgehead atoms. The molecule has 1 amide bonds. The zero-order valence-electron chi connectivity index (χ0n) is 8.22. The lowest BCUT2D eigenvalue weighted by molar-refractivity contribution is -0.105. The van der Waals surface area contributed by atoms with E-state index >= 15 is 0 Å². The Kier molecular flexibility index (Phi) is 2.86. The van der Waals surface area contributed by atoms with Gasteiger partial charge >= 0.3 is 0 Å². The summed E-state index contributed by atoms with van der Waals surface area (Å²) in [5.41, 5.74) is 0.995. The van der Waals surface area contributed by atoms with Gasteiger partial charge < -0.3 is 0 Å². The molecule has 1 aromatic heterocycles. The summed E-state index contributed by atoms with van der Waals surface area (Å²) in [5.74, 6) is -0.141. The maximum atomic E-state index is 13.4. The normalized spacial score (nSPS) is 9.81. The van der Waals surface area contributed by atoms with Gasteiger partial charge in [0.25, 0.3) is 0 Å². The fraction of sp³-hybridized carbons (Fsp3) is 0. The van der Waals surface area contributed by atoms with Gasteiger partial charge in [0.15, 0.2) is 0 Å². The Morgan fingerprint density at radius 1 is 1.19 bits per heavy atom. The van der Waals surface area contributed by atoms with E-state index in [2.05, 4.69) is 15.3 Å². The summed E-state index contributed by atoms with van der Waals surface area (Å²) in [5, 5.41) is 2.30. The minimum absolute atomic E-state index is 0.190. The molecule has 0 spiro atoms. The summed E-state index contributed by atoms with van der Waals surface area (Å²) in [6.45, 7) is 0. The number of benzene rings is 1. The van der Waals surface area contributed by atoms with Crippen LogP contribution in [0.25, 0.3) is 11.1 Å². The lowest BCUT2D eigenvalue weighted by Crippen LogP contribution is -1.99. The smallest absolute Gasteiger partial charge is 0.229 e. The lowest BCUT2D eigenvalue weighted by atomic mass is 10.1. The minimum atomic E-state index is -0.331. The molecule has 0 unspecified atom stereocenters. The summed E-state index contributed by atoms with van der Waals surface area (Å²) in [4.78, 5) is 17.9. The number of amides is 1. The van der Waals surface area contributed by atoms with E-state index < -0.39 is 0 Å². The van der Waals surface area contributed by atoms with Crippen molar-refractivity contribution in [2.75, 3.05) is 5.32 Å². The first-order valence-corrected chi connectivity index (χ1v) is 4.58. The van der Waals surface area contributed by atoms with Crippen molar-refractivity contribution in [1.29, 1.82) is 0 Å². The molecule has 0 fully saturated rings. The Balaban J connectivity index is 2.35. The molecule has 4 nitrogen and oxygen atoms in total. The number of carbonyl (C=O) groups excluding carboxylic acids is 1. The maximum Gasteiger partial charge on any atom is 0.229 e. The van der Waals surface area contributed by atoms with Crippen LogP contribution in [-0.2, 0) is 4.79 Å². The third-order valence-electron chi connectivity index (χ3n) is 2.02. The van der Waals surface area contributed by atoms with Crippen LogP contribution in [0.1, 0.15) is 0 Å². The maximum absolute atomic E-state index is 13.4. The van der Waals surface area contributed by atoms with Crippen molar-refractivity contribution in [1.82, 2.24) is 9.97 Å². The molecule has 2 rings (SSSR count). The number of hydrogen-bond acceptors (Lipinski definition) is 3. The van der Waals surface area contributed by atoms with Gasteiger partial charge in [0, 0.05) is 23.5 Å². The van der Waals surface area contributed by atoms with Gasteiger partial charge in [-0.05, 0) is 6.07 Å². The van der Waals surface area contributed by atoms with Crippen molar-refractivity contribution in [3.8, 4) is 11.1 Å². The predicted molar refractivity (Wildman–Crippen MR) is 57.1 cm³/mol. The molecule has 0 atom stereocenters. The van der Waals surface area contributed by atoms with E-state index in [1.807, 2.05) is 0 Å². The number of rotatable bonds is 3. The standard InChI is InChI=1S/C11H8FN3O/c12-10-4-2-1-3-9(10)8-5-13-11(14-6-8)15-7-16/h1-7H,(H,13,14,15,16). The molecule has 1 heterocycles. The molecule has 2 aromatic rings. The largest absolute Gasteiger partial charge is 0.297 e. The minimum Gasteiger partial charge on any atom is -0.297 e. The van der Waals surface area contributed by atoms with Crippen LogP contribution in [0.2, 0.25) is 0 Å². The van der Waals surface area contributed by atoms with Crippen LogP contribution >= 0.6 is 0 Å². The third-order valence-corrected chi connectivity index (χ3v) is 2.02. The molecule has 0 aliphatic heterocycles. The summed E-state index contributed by atoms with van der Waals surface area (Å²) >= 11 is 0. The molecule has 0 radical (unpaired) electrons. The van der Waals surface area contributed by atoms with Crippen LogP contribution in [-0.4, -0.2) is 16.4 Å². The van der Waals surface area contributed by atoms with Gasteiger partial charge in [0.05, 0.1) is 0 Å². The van der Waals surface area contributed by atoms with Crippen molar-refractivity contribution in [3.63, 3.8) is 0 Å². The average molecular weight is 217 g/mol. The molecule has 0 aliphatic carbocycles. The summed E-state index contributed by atoms with van der Waals surface area (Å²) < 4.78 is 13.4. The number of nitrogens with one attached hydrogen (secondary N) is 1. The van der Waals surface area contributed by atoms with Crippen LogP contribution in [0, 0.1) is 5.82 Å². The number of nitrogens with zero attached hydrogens (tertiary/aromatic N) is 2. The SMILES string of the molecule is O=CNc1ncc(-c2ccccc2F)cn1. The molecule has 0 aliphatic rings. The van der Waals surface area contributed by atoms with E-state index in [1.54, 1.807) is 18.2 Å². The van der Waals surface area contributed by atoms with E-state index in [-0.39, 0.29) is 11.8 Å². The zero-order chi connectivity index (χ0) is 11.4. The number of anilines is 1. The highest BCUT2D eigenvalue weighted by Gasteiger charge is 2.04. The molecule has 5 heteroatoms. The fourth-order valence-corrected chi connectivity index (χ4v) is 1.29. The van der Waals surface area contributed by atoms with Crippen molar-refractivity contribution < 1.29 is 9.18 Å². The highest BCUT2D eigenvalue weighted by Crippen LogP contribution is 2.20. The van der Waals surface area contributed by atoms with Gasteiger partial charge in [-0.1, -0.05) is 18.2 Å². The summed E-state index contributed by atoms with van der Waals surface area (Å²) in [6.07, 6.45) is 3.40. The molecule has 1 aromatic carbocycles. The van der Waals surface area contributed by atoms with Crippen molar-refractivity contribution in [2.24, 2.45) is 0 Å². The van der Waals surface area contributed by atoms with Gasteiger partial charge in [0.1, 0.15) is 5.82 Å². The van der Waals surface area contributed by atoms with Gasteiger partial charge in [-0.2, -0.15) is 0 Å². The number of hydrogen-bond donors (Lipinski definition) is 1. The van der Waals surface area contributed by atoms with E-state index in [1.165, 1.54) is 18.5 Å².